The molecule has 1 aliphatic rings. The molecule has 0 radical (unpaired) electrons. The van der Waals surface area contributed by atoms with E-state index in [9.17, 15) is 9.46 Å². The minimum atomic E-state index is -5.00. The van der Waals surface area contributed by atoms with Crippen LogP contribution < -0.4 is 13.9 Å². The van der Waals surface area contributed by atoms with Crippen molar-refractivity contribution in [2.75, 3.05) is 0 Å². The van der Waals surface area contributed by atoms with Crippen molar-refractivity contribution in [1.82, 2.24) is 0 Å². The largest absolute Gasteiger partial charge is 1.00 e. The molecule has 0 aliphatic carbocycles. The van der Waals surface area contributed by atoms with E-state index in [4.69, 9.17) is 9.05 Å². The first-order valence-corrected chi connectivity index (χ1v) is 21.6. The van der Waals surface area contributed by atoms with E-state index in [0.29, 0.717) is 23.3 Å². The average molecular weight is 816 g/mol. The van der Waals surface area contributed by atoms with Crippen molar-refractivity contribution in [3.05, 3.63) is 118 Å². The third-order valence-electron chi connectivity index (χ3n) is 11.5. The number of hydrogen-bond donors (Lipinski definition) is 0. The summed E-state index contributed by atoms with van der Waals surface area (Å²) in [5.41, 5.74) is 12.3. The van der Waals surface area contributed by atoms with Gasteiger partial charge >= 0.3 is 24.9 Å². The van der Waals surface area contributed by atoms with Gasteiger partial charge in [-0.3, -0.25) is 0 Å². The van der Waals surface area contributed by atoms with Crippen molar-refractivity contribution in [3.63, 3.8) is 0 Å². The van der Waals surface area contributed by atoms with Crippen LogP contribution in [0.3, 0.4) is 0 Å². The molecule has 0 unspecified atom stereocenters. The van der Waals surface area contributed by atoms with E-state index >= 15 is 0 Å². The van der Waals surface area contributed by atoms with Gasteiger partial charge in [-0.05, 0) is 114 Å². The topological polar surface area (TPSA) is 58.6 Å². The van der Waals surface area contributed by atoms with E-state index < -0.39 is 7.82 Å². The Kier molecular flexibility index (Phi) is 11.8. The number of benzene rings is 6. The summed E-state index contributed by atoms with van der Waals surface area (Å²) < 4.78 is 27.4. The quantitative estimate of drug-likeness (QED) is 0.113. The van der Waals surface area contributed by atoms with Gasteiger partial charge in [-0.25, -0.2) is 4.57 Å². The van der Waals surface area contributed by atoms with Gasteiger partial charge in [0.15, 0.2) is 0 Å². The molecule has 6 aromatic carbocycles. The van der Waals surface area contributed by atoms with Crippen molar-refractivity contribution in [3.8, 4) is 44.9 Å². The minimum absolute atomic E-state index is 0. The third-order valence-corrected chi connectivity index (χ3v) is 12.3. The number of phosphoric acid groups is 1. The maximum absolute atomic E-state index is 14.6. The zero-order valence-corrected chi connectivity index (χ0v) is 36.8. The standard InChI is InChI=1S/C50H57O4P.Cu/c1-27(2)35-23-39(29(5)6)45(40(24-35)30(7)8)43-21-33-17-13-15-19-37(33)47-48-38-20-16-14-18-34(38)22-44(50(48)54-55(51,52)53-49(43)47)46-41(31(9)10)25-36(28(3)4)26-42(46)32(11)12;/h13-32H,1-12H3,(H,51,52);/q;+1/p-1. The summed E-state index contributed by atoms with van der Waals surface area (Å²) in [7, 11) is -5.00. The van der Waals surface area contributed by atoms with Gasteiger partial charge in [0.05, 0.1) is 0 Å². The summed E-state index contributed by atoms with van der Waals surface area (Å²) in [6.07, 6.45) is 0. The predicted octanol–water partition coefficient (Wildman–Crippen LogP) is 15.0. The molecule has 1 aliphatic heterocycles. The van der Waals surface area contributed by atoms with Gasteiger partial charge < -0.3 is 13.9 Å². The van der Waals surface area contributed by atoms with E-state index in [1.165, 1.54) is 33.4 Å². The van der Waals surface area contributed by atoms with Crippen molar-refractivity contribution < 1.29 is 35.6 Å². The summed E-state index contributed by atoms with van der Waals surface area (Å²) in [6.45, 7) is 26.6. The Morgan fingerprint density at radius 3 is 1.04 bits per heavy atom. The number of phosphoric ester groups is 1. The molecule has 56 heavy (non-hydrogen) atoms. The van der Waals surface area contributed by atoms with Crippen LogP contribution in [0.15, 0.2) is 84.9 Å². The summed E-state index contributed by atoms with van der Waals surface area (Å²) in [5, 5.41) is 3.84. The van der Waals surface area contributed by atoms with E-state index in [0.717, 1.165) is 54.9 Å². The van der Waals surface area contributed by atoms with Gasteiger partial charge in [-0.2, -0.15) is 0 Å². The molecule has 0 spiro atoms. The first kappa shape index (κ1) is 41.8. The Morgan fingerprint density at radius 1 is 0.446 bits per heavy atom. The van der Waals surface area contributed by atoms with Crippen molar-refractivity contribution >= 4 is 29.4 Å². The second-order valence-corrected chi connectivity index (χ2v) is 18.7. The minimum Gasteiger partial charge on any atom is -0.736 e. The van der Waals surface area contributed by atoms with Gasteiger partial charge in [0, 0.05) is 22.3 Å². The molecule has 6 heteroatoms. The van der Waals surface area contributed by atoms with E-state index in [1.807, 2.05) is 12.1 Å². The van der Waals surface area contributed by atoms with Crippen LogP contribution >= 0.6 is 7.82 Å². The van der Waals surface area contributed by atoms with Gasteiger partial charge in [-0.1, -0.05) is 156 Å². The Hall–Kier alpha value is -3.85. The molecule has 0 saturated carbocycles. The zero-order chi connectivity index (χ0) is 39.7. The average Bonchev–Trinajstić information content (AvgIpc) is 3.26. The second-order valence-electron chi connectivity index (χ2n) is 17.4. The Balaban J connectivity index is 0.00000532. The summed E-state index contributed by atoms with van der Waals surface area (Å²) in [6, 6.07) is 30.1. The fourth-order valence-electron chi connectivity index (χ4n) is 8.49. The molecule has 0 saturated heterocycles. The zero-order valence-electron chi connectivity index (χ0n) is 34.9. The van der Waals surface area contributed by atoms with Gasteiger partial charge in [-0.15, -0.1) is 0 Å². The van der Waals surface area contributed by atoms with Gasteiger partial charge in [0.25, 0.3) is 0 Å². The molecule has 0 fully saturated rings. The fourth-order valence-corrected chi connectivity index (χ4v) is 9.35. The Labute approximate surface area is 345 Å². The van der Waals surface area contributed by atoms with Crippen LogP contribution in [0.25, 0.3) is 54.9 Å². The van der Waals surface area contributed by atoms with Crippen molar-refractivity contribution in [1.29, 1.82) is 0 Å². The number of hydrogen-bond acceptors (Lipinski definition) is 4. The smallest absolute Gasteiger partial charge is 0.736 e. The second kappa shape index (κ2) is 15.8. The SMILES string of the molecule is CC(C)c1cc(C(C)C)c(-c2cc3ccccc3c3c2OP(=O)([O-])Oc2c(-c4c(C(C)C)cc(C(C)C)cc4C(C)C)cc4ccccc4c2-3)c(C(C)C)c1.[Cu+]. The molecule has 0 aromatic heterocycles. The van der Waals surface area contributed by atoms with Crippen LogP contribution in [0.5, 0.6) is 11.5 Å². The molecular formula is C50H56CuO4P. The van der Waals surface area contributed by atoms with E-state index in [2.05, 4.69) is 156 Å². The van der Waals surface area contributed by atoms with E-state index in [-0.39, 0.29) is 40.7 Å². The molecule has 6 aromatic rings. The number of fused-ring (bicyclic) bond motifs is 7. The fraction of sp³-hybridized carbons (Fsp3) is 0.360. The molecule has 296 valence electrons. The Morgan fingerprint density at radius 2 is 0.750 bits per heavy atom. The Bertz CT molecular complexity index is 2280. The molecule has 7 rings (SSSR count). The van der Waals surface area contributed by atoms with Crippen LogP contribution in [0.1, 0.15) is 152 Å². The van der Waals surface area contributed by atoms with Crippen LogP contribution in [0.4, 0.5) is 0 Å². The van der Waals surface area contributed by atoms with E-state index in [1.54, 1.807) is 0 Å². The molecule has 0 bridgehead atoms. The molecule has 0 amide bonds. The first-order chi connectivity index (χ1) is 26.0. The molecule has 4 nitrogen and oxygen atoms in total. The molecular weight excluding hydrogens is 759 g/mol. The van der Waals surface area contributed by atoms with Crippen molar-refractivity contribution in [2.24, 2.45) is 0 Å². The monoisotopic (exact) mass is 814 g/mol. The van der Waals surface area contributed by atoms with Gasteiger partial charge in [0.1, 0.15) is 11.5 Å². The summed E-state index contributed by atoms with van der Waals surface area (Å²) in [4.78, 5) is 14.6. The van der Waals surface area contributed by atoms with Gasteiger partial charge in [0.2, 0.25) is 0 Å². The van der Waals surface area contributed by atoms with Crippen LogP contribution in [0, 0.1) is 0 Å². The molecule has 1 heterocycles. The number of rotatable bonds is 8. The van der Waals surface area contributed by atoms with Crippen LogP contribution in [0.2, 0.25) is 0 Å². The summed E-state index contributed by atoms with van der Waals surface area (Å²) >= 11 is 0. The van der Waals surface area contributed by atoms with Crippen LogP contribution in [-0.4, -0.2) is 0 Å². The predicted molar refractivity (Wildman–Crippen MR) is 231 cm³/mol. The first-order valence-electron chi connectivity index (χ1n) is 20.2. The van der Waals surface area contributed by atoms with Crippen LogP contribution in [-0.2, 0) is 21.6 Å². The maximum Gasteiger partial charge on any atom is 1.00 e. The molecule has 0 N–H and O–H groups in total. The van der Waals surface area contributed by atoms with Crippen molar-refractivity contribution in [2.45, 2.75) is 119 Å². The maximum atomic E-state index is 14.6. The third kappa shape index (κ3) is 7.38. The summed E-state index contributed by atoms with van der Waals surface area (Å²) in [5.74, 6) is 2.01. The molecule has 0 atom stereocenters. The normalized spacial score (nSPS) is 13.7.